The zero-order chi connectivity index (χ0) is 25.6. The zero-order valence-corrected chi connectivity index (χ0v) is 21.8. The molecule has 5 unspecified atom stereocenters. The topological polar surface area (TPSA) is 91.7 Å². The average molecular weight is 467 g/mol. The van der Waals surface area contributed by atoms with Gasteiger partial charge in [-0.1, -0.05) is 45.4 Å². The molecule has 184 valence electrons. The van der Waals surface area contributed by atoms with E-state index in [2.05, 4.69) is 13.8 Å². The number of benzene rings is 1. The van der Waals surface area contributed by atoms with Gasteiger partial charge in [-0.2, -0.15) is 0 Å². The molecule has 3 aliphatic rings. The highest BCUT2D eigenvalue weighted by molar-refractivity contribution is 6.23. The van der Waals surface area contributed by atoms with Gasteiger partial charge >= 0.3 is 0 Å². The maximum atomic E-state index is 14.2. The normalized spacial score (nSPS) is 35.6. The van der Waals surface area contributed by atoms with Crippen molar-refractivity contribution in [1.82, 2.24) is 0 Å². The number of aliphatic hydroxyl groups is 2. The number of carbonyl (C=O) groups excluding carboxylic acids is 3. The summed E-state index contributed by atoms with van der Waals surface area (Å²) in [6.07, 6.45) is 2.05. The predicted octanol–water partition coefficient (Wildman–Crippen LogP) is 4.53. The standard InChI is InChI=1S/C29H38O5/c1-15-9-10-19(12-28(7,33)34)20-13-26(5)14-27(6)11-16(2)21(18(4)30)25(32)29(27,8)17(3)23(26)24(31)22(15)20/h9-10,17,23,33-34H,11-14H2,1-8H3. The minimum Gasteiger partial charge on any atom is -0.366 e. The van der Waals surface area contributed by atoms with Gasteiger partial charge in [0, 0.05) is 23.3 Å². The number of hydrogen-bond acceptors (Lipinski definition) is 5. The van der Waals surface area contributed by atoms with Crippen molar-refractivity contribution in [1.29, 1.82) is 0 Å². The number of aryl methyl sites for hydroxylation is 1. The van der Waals surface area contributed by atoms with Crippen LogP contribution in [0.25, 0.3) is 0 Å². The third-order valence-corrected chi connectivity index (χ3v) is 9.60. The van der Waals surface area contributed by atoms with Crippen LogP contribution in [-0.4, -0.2) is 33.3 Å². The second-order valence-corrected chi connectivity index (χ2v) is 12.4. The van der Waals surface area contributed by atoms with E-state index in [-0.39, 0.29) is 46.4 Å². The lowest BCUT2D eigenvalue weighted by atomic mass is 9.37. The molecule has 1 aromatic rings. The monoisotopic (exact) mass is 466 g/mol. The Morgan fingerprint density at radius 3 is 2.29 bits per heavy atom. The summed E-state index contributed by atoms with van der Waals surface area (Å²) in [5.41, 5.74) is 2.85. The summed E-state index contributed by atoms with van der Waals surface area (Å²) in [6, 6.07) is 3.79. The molecule has 34 heavy (non-hydrogen) atoms. The van der Waals surface area contributed by atoms with Gasteiger partial charge in [0.25, 0.3) is 0 Å². The Bertz CT molecular complexity index is 1150. The number of allylic oxidation sites excluding steroid dienone is 2. The van der Waals surface area contributed by atoms with Crippen LogP contribution in [0.1, 0.15) is 88.4 Å². The van der Waals surface area contributed by atoms with Crippen molar-refractivity contribution in [2.75, 3.05) is 0 Å². The van der Waals surface area contributed by atoms with Crippen LogP contribution >= 0.6 is 0 Å². The third kappa shape index (κ3) is 3.30. The summed E-state index contributed by atoms with van der Waals surface area (Å²) >= 11 is 0. The van der Waals surface area contributed by atoms with Crippen LogP contribution in [0, 0.1) is 35.0 Å². The molecule has 4 rings (SSSR count). The first kappa shape index (κ1) is 25.0. The zero-order valence-electron chi connectivity index (χ0n) is 21.8. The van der Waals surface area contributed by atoms with Gasteiger partial charge in [-0.05, 0) is 80.4 Å². The Morgan fingerprint density at radius 2 is 1.74 bits per heavy atom. The van der Waals surface area contributed by atoms with Gasteiger partial charge in [0.05, 0.1) is 5.57 Å². The Hall–Kier alpha value is -2.11. The summed E-state index contributed by atoms with van der Waals surface area (Å²) in [6.45, 7) is 14.9. The van der Waals surface area contributed by atoms with Crippen LogP contribution in [-0.2, 0) is 22.4 Å². The Morgan fingerprint density at radius 1 is 1.12 bits per heavy atom. The van der Waals surface area contributed by atoms with Gasteiger partial charge in [0.2, 0.25) is 0 Å². The Balaban J connectivity index is 1.91. The quantitative estimate of drug-likeness (QED) is 0.504. The first-order valence-electron chi connectivity index (χ1n) is 12.3. The molecule has 2 N–H and O–H groups in total. The van der Waals surface area contributed by atoms with Crippen LogP contribution in [0.3, 0.4) is 0 Å². The van der Waals surface area contributed by atoms with E-state index in [0.717, 1.165) is 22.3 Å². The first-order chi connectivity index (χ1) is 15.5. The molecule has 5 nitrogen and oxygen atoms in total. The maximum absolute atomic E-state index is 14.2. The van der Waals surface area contributed by atoms with Gasteiger partial charge in [-0.25, -0.2) is 0 Å². The van der Waals surface area contributed by atoms with Gasteiger partial charge in [-0.3, -0.25) is 14.4 Å². The number of ketones is 3. The van der Waals surface area contributed by atoms with E-state index < -0.39 is 11.2 Å². The summed E-state index contributed by atoms with van der Waals surface area (Å²) < 4.78 is 0. The second kappa shape index (κ2) is 7.44. The van der Waals surface area contributed by atoms with E-state index in [1.807, 2.05) is 39.8 Å². The molecule has 5 heteroatoms. The van der Waals surface area contributed by atoms with Crippen LogP contribution in [0.4, 0.5) is 0 Å². The highest BCUT2D eigenvalue weighted by Crippen LogP contribution is 2.68. The van der Waals surface area contributed by atoms with E-state index in [1.165, 1.54) is 13.8 Å². The molecular formula is C29H38O5. The van der Waals surface area contributed by atoms with Crippen molar-refractivity contribution < 1.29 is 24.6 Å². The molecule has 0 amide bonds. The van der Waals surface area contributed by atoms with E-state index in [4.69, 9.17) is 0 Å². The highest BCUT2D eigenvalue weighted by Gasteiger charge is 2.67. The predicted molar refractivity (Wildman–Crippen MR) is 130 cm³/mol. The highest BCUT2D eigenvalue weighted by atomic mass is 16.5. The molecule has 0 radical (unpaired) electrons. The molecule has 1 fully saturated rings. The van der Waals surface area contributed by atoms with Gasteiger partial charge in [0.1, 0.15) is 0 Å². The molecule has 1 saturated carbocycles. The van der Waals surface area contributed by atoms with Crippen LogP contribution in [0.15, 0.2) is 23.3 Å². The van der Waals surface area contributed by atoms with E-state index in [9.17, 15) is 24.6 Å². The third-order valence-electron chi connectivity index (χ3n) is 9.60. The van der Waals surface area contributed by atoms with E-state index >= 15 is 0 Å². The molecule has 3 aliphatic carbocycles. The van der Waals surface area contributed by atoms with Gasteiger partial charge in [0.15, 0.2) is 23.1 Å². The van der Waals surface area contributed by atoms with Crippen LogP contribution in [0.5, 0.6) is 0 Å². The van der Waals surface area contributed by atoms with E-state index in [1.54, 1.807) is 0 Å². The van der Waals surface area contributed by atoms with Crippen molar-refractivity contribution in [2.45, 2.75) is 86.9 Å². The van der Waals surface area contributed by atoms with Crippen LogP contribution in [0.2, 0.25) is 0 Å². The summed E-state index contributed by atoms with van der Waals surface area (Å²) in [5, 5.41) is 20.2. The lowest BCUT2D eigenvalue weighted by molar-refractivity contribution is -0.160. The number of carbonyl (C=O) groups is 3. The van der Waals surface area contributed by atoms with Gasteiger partial charge in [-0.15, -0.1) is 0 Å². The molecule has 0 heterocycles. The second-order valence-electron chi connectivity index (χ2n) is 12.4. The molecular weight excluding hydrogens is 428 g/mol. The Labute approximate surface area is 202 Å². The number of fused-ring (bicyclic) bond motifs is 3. The van der Waals surface area contributed by atoms with E-state index in [0.29, 0.717) is 30.4 Å². The average Bonchev–Trinajstić information content (AvgIpc) is 2.65. The fourth-order valence-electron chi connectivity index (χ4n) is 8.14. The summed E-state index contributed by atoms with van der Waals surface area (Å²) in [7, 11) is 0. The molecule has 0 bridgehead atoms. The largest absolute Gasteiger partial charge is 0.366 e. The number of Topliss-reactive ketones (excluding diaryl/α,β-unsaturated/α-hetero) is 3. The summed E-state index contributed by atoms with van der Waals surface area (Å²) in [4.78, 5) is 40.5. The molecule has 0 spiro atoms. The van der Waals surface area contributed by atoms with Crippen molar-refractivity contribution in [3.8, 4) is 0 Å². The minimum atomic E-state index is -1.87. The van der Waals surface area contributed by atoms with Crippen molar-refractivity contribution in [3.05, 3.63) is 45.5 Å². The lowest BCUT2D eigenvalue weighted by Gasteiger charge is -2.64. The number of rotatable bonds is 3. The van der Waals surface area contributed by atoms with Gasteiger partial charge < -0.3 is 10.2 Å². The van der Waals surface area contributed by atoms with Crippen LogP contribution < -0.4 is 0 Å². The molecule has 1 aromatic carbocycles. The summed E-state index contributed by atoms with van der Waals surface area (Å²) in [5.74, 6) is -2.72. The fourth-order valence-corrected chi connectivity index (χ4v) is 8.14. The first-order valence-corrected chi connectivity index (χ1v) is 12.3. The maximum Gasteiger partial charge on any atom is 0.173 e. The lowest BCUT2D eigenvalue weighted by Crippen LogP contribution is -2.64. The molecule has 0 saturated heterocycles. The Kier molecular flexibility index (Phi) is 5.47. The molecule has 5 atom stereocenters. The molecule has 0 aliphatic heterocycles. The number of hydrogen-bond donors (Lipinski definition) is 2. The van der Waals surface area contributed by atoms with Crippen molar-refractivity contribution >= 4 is 17.3 Å². The SMILES string of the molecule is CC(=O)C1=C(C)CC2(C)CC3(C)Cc4c(CC(C)(O)O)ccc(C)c4C(=O)C3C(C)C2(C)C1=O. The fraction of sp³-hybridized carbons (Fsp3) is 0.621. The minimum absolute atomic E-state index is 0.0416. The molecule has 0 aromatic heterocycles. The van der Waals surface area contributed by atoms with Crippen molar-refractivity contribution in [2.24, 2.45) is 28.1 Å². The smallest absolute Gasteiger partial charge is 0.173 e. The van der Waals surface area contributed by atoms with Crippen molar-refractivity contribution in [3.63, 3.8) is 0 Å².